The van der Waals surface area contributed by atoms with Crippen LogP contribution in [0.1, 0.15) is 11.5 Å². The van der Waals surface area contributed by atoms with Crippen LogP contribution in [-0.4, -0.2) is 31.1 Å². The maximum atomic E-state index is 10.2. The molecule has 0 unspecified atom stereocenters. The Hall–Kier alpha value is -1.44. The van der Waals surface area contributed by atoms with Gasteiger partial charge in [-0.15, -0.1) is 0 Å². The summed E-state index contributed by atoms with van der Waals surface area (Å²) in [6.07, 6.45) is 1.60. The van der Waals surface area contributed by atoms with Crippen LogP contribution in [0, 0.1) is 0 Å². The molecule has 14 heavy (non-hydrogen) atoms. The van der Waals surface area contributed by atoms with Crippen LogP contribution in [0.5, 0.6) is 0 Å². The topological polar surface area (TPSA) is 32.7 Å². The Morgan fingerprint density at radius 3 is 2.79 bits per heavy atom. The van der Waals surface area contributed by atoms with Crippen molar-refractivity contribution in [1.29, 1.82) is 0 Å². The van der Waals surface area contributed by atoms with Crippen molar-refractivity contribution in [2.75, 3.05) is 20.1 Å². The molecule has 3 nitrogen and oxygen atoms in total. The Kier molecular flexibility index (Phi) is 2.44. The SMILES string of the molecule is CN1CC(c2ccccc2N=C=O)C1. The number of isocyanates is 1. The largest absolute Gasteiger partial charge is 0.305 e. The number of nitrogens with zero attached hydrogens (tertiary/aromatic N) is 2. The first kappa shape index (κ1) is 9.13. The summed E-state index contributed by atoms with van der Waals surface area (Å²) in [5, 5.41) is 0. The molecule has 1 heterocycles. The van der Waals surface area contributed by atoms with Crippen LogP contribution in [0.25, 0.3) is 0 Å². The minimum absolute atomic E-state index is 0.522. The fourth-order valence-electron chi connectivity index (χ4n) is 1.88. The van der Waals surface area contributed by atoms with E-state index < -0.39 is 0 Å². The van der Waals surface area contributed by atoms with Crippen molar-refractivity contribution in [3.63, 3.8) is 0 Å². The second-order valence-corrected chi connectivity index (χ2v) is 3.68. The van der Waals surface area contributed by atoms with E-state index in [1.54, 1.807) is 6.08 Å². The third-order valence-electron chi connectivity index (χ3n) is 2.61. The first-order chi connectivity index (χ1) is 6.81. The molecule has 1 aliphatic rings. The average molecular weight is 188 g/mol. The fourth-order valence-corrected chi connectivity index (χ4v) is 1.88. The van der Waals surface area contributed by atoms with Gasteiger partial charge in [0.2, 0.25) is 6.08 Å². The van der Waals surface area contributed by atoms with Crippen molar-refractivity contribution in [2.45, 2.75) is 5.92 Å². The second kappa shape index (κ2) is 3.74. The number of carbonyl (C=O) groups excluding carboxylic acids is 1. The molecule has 0 N–H and O–H groups in total. The fraction of sp³-hybridized carbons (Fsp3) is 0.364. The quantitative estimate of drug-likeness (QED) is 0.522. The van der Waals surface area contributed by atoms with Gasteiger partial charge in [-0.3, -0.25) is 0 Å². The van der Waals surface area contributed by atoms with E-state index in [2.05, 4.69) is 16.9 Å². The van der Waals surface area contributed by atoms with Crippen molar-refractivity contribution in [3.05, 3.63) is 29.8 Å². The number of aliphatic imine (C=N–C) groups is 1. The molecule has 0 saturated carbocycles. The summed E-state index contributed by atoms with van der Waals surface area (Å²) < 4.78 is 0. The molecule has 0 aromatic heterocycles. The number of benzene rings is 1. The minimum atomic E-state index is 0.522. The van der Waals surface area contributed by atoms with Crippen LogP contribution in [0.15, 0.2) is 29.3 Å². The summed E-state index contributed by atoms with van der Waals surface area (Å²) >= 11 is 0. The number of rotatable bonds is 2. The second-order valence-electron chi connectivity index (χ2n) is 3.68. The van der Waals surface area contributed by atoms with Gasteiger partial charge < -0.3 is 4.90 Å². The lowest BCUT2D eigenvalue weighted by Crippen LogP contribution is -2.41. The number of para-hydroxylation sites is 1. The Labute approximate surface area is 83.1 Å². The van der Waals surface area contributed by atoms with Crippen molar-refractivity contribution in [1.82, 2.24) is 4.90 Å². The van der Waals surface area contributed by atoms with E-state index >= 15 is 0 Å². The van der Waals surface area contributed by atoms with E-state index in [0.717, 1.165) is 24.3 Å². The van der Waals surface area contributed by atoms with Crippen LogP contribution in [-0.2, 0) is 4.79 Å². The van der Waals surface area contributed by atoms with Gasteiger partial charge in [0.1, 0.15) is 0 Å². The van der Waals surface area contributed by atoms with Crippen molar-refractivity contribution >= 4 is 11.8 Å². The zero-order chi connectivity index (χ0) is 9.97. The highest BCUT2D eigenvalue weighted by Gasteiger charge is 2.26. The molecule has 1 fully saturated rings. The highest BCUT2D eigenvalue weighted by Crippen LogP contribution is 2.32. The first-order valence-electron chi connectivity index (χ1n) is 4.66. The zero-order valence-electron chi connectivity index (χ0n) is 8.10. The molecule has 1 aliphatic heterocycles. The normalized spacial score (nSPS) is 17.2. The van der Waals surface area contributed by atoms with Crippen LogP contribution >= 0.6 is 0 Å². The lowest BCUT2D eigenvalue weighted by atomic mass is 9.91. The number of likely N-dealkylation sites (tertiary alicyclic amines) is 1. The predicted molar refractivity (Wildman–Crippen MR) is 54.5 cm³/mol. The molecule has 1 aromatic rings. The summed E-state index contributed by atoms with van der Waals surface area (Å²) in [5.41, 5.74) is 1.93. The smallest absolute Gasteiger partial charge is 0.240 e. The summed E-state index contributed by atoms with van der Waals surface area (Å²) in [6.45, 7) is 2.09. The molecule has 72 valence electrons. The molecule has 0 aliphatic carbocycles. The van der Waals surface area contributed by atoms with E-state index in [0.29, 0.717) is 5.92 Å². The van der Waals surface area contributed by atoms with Crippen LogP contribution in [0.2, 0.25) is 0 Å². The molecule has 0 amide bonds. The van der Waals surface area contributed by atoms with Crippen LogP contribution in [0.3, 0.4) is 0 Å². The van der Waals surface area contributed by atoms with Gasteiger partial charge in [0.25, 0.3) is 0 Å². The number of hydrogen-bond acceptors (Lipinski definition) is 3. The third-order valence-corrected chi connectivity index (χ3v) is 2.61. The van der Waals surface area contributed by atoms with E-state index in [4.69, 9.17) is 0 Å². The zero-order valence-corrected chi connectivity index (χ0v) is 8.10. The van der Waals surface area contributed by atoms with E-state index in [1.165, 1.54) is 0 Å². The van der Waals surface area contributed by atoms with Gasteiger partial charge in [-0.1, -0.05) is 18.2 Å². The Bertz CT molecular complexity index is 377. The number of likely N-dealkylation sites (N-methyl/N-ethyl adjacent to an activating group) is 1. The molecular weight excluding hydrogens is 176 g/mol. The maximum absolute atomic E-state index is 10.2. The molecule has 1 saturated heterocycles. The van der Waals surface area contributed by atoms with Crippen molar-refractivity contribution in [3.8, 4) is 0 Å². The van der Waals surface area contributed by atoms with Gasteiger partial charge in [-0.2, -0.15) is 4.99 Å². The average Bonchev–Trinajstić information content (AvgIpc) is 2.15. The van der Waals surface area contributed by atoms with Crippen molar-refractivity contribution < 1.29 is 4.79 Å². The van der Waals surface area contributed by atoms with Gasteiger partial charge in [0.15, 0.2) is 0 Å². The van der Waals surface area contributed by atoms with E-state index in [9.17, 15) is 4.79 Å². The van der Waals surface area contributed by atoms with Crippen LogP contribution < -0.4 is 0 Å². The summed E-state index contributed by atoms with van der Waals surface area (Å²) in [7, 11) is 2.09. The Morgan fingerprint density at radius 1 is 1.43 bits per heavy atom. The monoisotopic (exact) mass is 188 g/mol. The molecule has 3 heteroatoms. The van der Waals surface area contributed by atoms with Gasteiger partial charge in [0, 0.05) is 19.0 Å². The van der Waals surface area contributed by atoms with Crippen LogP contribution in [0.4, 0.5) is 5.69 Å². The highest BCUT2D eigenvalue weighted by molar-refractivity contribution is 5.55. The molecular formula is C11H12N2O. The van der Waals surface area contributed by atoms with Gasteiger partial charge in [-0.25, -0.2) is 4.79 Å². The number of hydrogen-bond donors (Lipinski definition) is 0. The third kappa shape index (κ3) is 1.60. The van der Waals surface area contributed by atoms with Gasteiger partial charge in [-0.05, 0) is 18.7 Å². The summed E-state index contributed by atoms with van der Waals surface area (Å²) in [4.78, 5) is 16.2. The lowest BCUT2D eigenvalue weighted by molar-refractivity contribution is 0.190. The Morgan fingerprint density at radius 2 is 2.14 bits per heavy atom. The summed E-state index contributed by atoms with van der Waals surface area (Å²) in [6, 6.07) is 7.77. The van der Waals surface area contributed by atoms with E-state index in [-0.39, 0.29) is 0 Å². The molecule has 2 rings (SSSR count). The standard InChI is InChI=1S/C11H12N2O/c1-13-6-9(7-13)10-4-2-3-5-11(10)12-8-14/h2-5,9H,6-7H2,1H3. The molecule has 1 aromatic carbocycles. The lowest BCUT2D eigenvalue weighted by Gasteiger charge is -2.36. The molecule has 0 radical (unpaired) electrons. The van der Waals surface area contributed by atoms with Crippen molar-refractivity contribution in [2.24, 2.45) is 4.99 Å². The molecule has 0 bridgehead atoms. The van der Waals surface area contributed by atoms with Gasteiger partial charge in [0.05, 0.1) is 5.69 Å². The molecule has 0 spiro atoms. The van der Waals surface area contributed by atoms with E-state index in [1.807, 2.05) is 24.3 Å². The Balaban J connectivity index is 2.28. The predicted octanol–water partition coefficient (Wildman–Crippen LogP) is 1.68. The first-order valence-corrected chi connectivity index (χ1v) is 4.66. The van der Waals surface area contributed by atoms with Gasteiger partial charge >= 0.3 is 0 Å². The highest BCUT2D eigenvalue weighted by atomic mass is 16.1. The minimum Gasteiger partial charge on any atom is -0.305 e. The maximum Gasteiger partial charge on any atom is 0.240 e. The molecule has 0 atom stereocenters. The summed E-state index contributed by atoms with van der Waals surface area (Å²) in [5.74, 6) is 0.522.